The molecule has 3 N–H and O–H groups in total. The van der Waals surface area contributed by atoms with Gasteiger partial charge in [0.25, 0.3) is 11.8 Å². The minimum absolute atomic E-state index is 0.0361. The molecule has 0 unspecified atom stereocenters. The molecule has 0 bridgehead atoms. The molecule has 2 heterocycles. The summed E-state index contributed by atoms with van der Waals surface area (Å²) < 4.78 is 30.9. The van der Waals surface area contributed by atoms with Crippen molar-refractivity contribution in [2.75, 3.05) is 13.2 Å². The van der Waals surface area contributed by atoms with E-state index >= 15 is 0 Å². The molecule has 1 aromatic heterocycles. The number of carbonyl (C=O) groups excluding carboxylic acids is 2. The lowest BCUT2D eigenvalue weighted by Gasteiger charge is -2.18. The number of nitrogens with one attached hydrogen (secondary N) is 3. The highest BCUT2D eigenvalue weighted by Gasteiger charge is 2.31. The minimum atomic E-state index is -0.792. The van der Waals surface area contributed by atoms with Crippen LogP contribution in [0.3, 0.4) is 0 Å². The van der Waals surface area contributed by atoms with E-state index < -0.39 is 23.4 Å². The van der Waals surface area contributed by atoms with Crippen molar-refractivity contribution < 1.29 is 28.2 Å². The summed E-state index contributed by atoms with van der Waals surface area (Å²) in [6.07, 6.45) is 1.25. The van der Waals surface area contributed by atoms with Gasteiger partial charge in [-0.1, -0.05) is 11.6 Å². The normalized spacial score (nSPS) is 17.0. The van der Waals surface area contributed by atoms with Crippen molar-refractivity contribution in [2.24, 2.45) is 0 Å². The molecule has 0 spiro atoms. The second-order valence-corrected chi connectivity index (χ2v) is 8.60. The van der Waals surface area contributed by atoms with Gasteiger partial charge >= 0.3 is 0 Å². The molecular formula is C22H26ClFN4O5. The number of ether oxygens (including phenoxy) is 3. The maximum Gasteiger partial charge on any atom is 0.271 e. The summed E-state index contributed by atoms with van der Waals surface area (Å²) in [5.74, 6) is -1.90. The van der Waals surface area contributed by atoms with Crippen LogP contribution in [0.5, 0.6) is 11.6 Å². The molecule has 2 aromatic rings. The number of rotatable bonds is 7. The summed E-state index contributed by atoms with van der Waals surface area (Å²) in [7, 11) is 0. The third kappa shape index (κ3) is 6.77. The first-order valence-corrected chi connectivity index (χ1v) is 10.7. The van der Waals surface area contributed by atoms with Gasteiger partial charge in [0.2, 0.25) is 5.88 Å². The predicted molar refractivity (Wildman–Crippen MR) is 119 cm³/mol. The summed E-state index contributed by atoms with van der Waals surface area (Å²) >= 11 is 6.14. The van der Waals surface area contributed by atoms with Crippen molar-refractivity contribution in [2.45, 2.75) is 45.6 Å². The van der Waals surface area contributed by atoms with Gasteiger partial charge in [-0.15, -0.1) is 0 Å². The third-order valence-electron chi connectivity index (χ3n) is 4.55. The van der Waals surface area contributed by atoms with E-state index in [0.29, 0.717) is 12.5 Å². The van der Waals surface area contributed by atoms with Gasteiger partial charge < -0.3 is 14.2 Å². The molecule has 9 nitrogen and oxygen atoms in total. The Morgan fingerprint density at radius 1 is 1.30 bits per heavy atom. The number of pyridine rings is 1. The Bertz CT molecular complexity index is 1020. The molecule has 33 heavy (non-hydrogen) atoms. The molecule has 11 heteroatoms. The van der Waals surface area contributed by atoms with E-state index in [1.807, 2.05) is 27.7 Å². The molecule has 1 atom stereocenters. The highest BCUT2D eigenvalue weighted by atomic mass is 35.5. The van der Waals surface area contributed by atoms with E-state index in [0.717, 1.165) is 6.07 Å². The molecule has 0 saturated carbocycles. The third-order valence-corrected chi connectivity index (χ3v) is 4.86. The lowest BCUT2D eigenvalue weighted by molar-refractivity contribution is 0.0230. The Balaban J connectivity index is 1.56. The van der Waals surface area contributed by atoms with E-state index in [9.17, 15) is 14.0 Å². The minimum Gasteiger partial charge on any atom is -0.489 e. The van der Waals surface area contributed by atoms with Crippen molar-refractivity contribution in [3.8, 4) is 11.6 Å². The van der Waals surface area contributed by atoms with Crippen LogP contribution >= 0.6 is 11.6 Å². The average molecular weight is 481 g/mol. The number of benzene rings is 1. The molecule has 178 valence electrons. The van der Waals surface area contributed by atoms with Crippen LogP contribution in [0.15, 0.2) is 30.5 Å². The van der Waals surface area contributed by atoms with E-state index in [-0.39, 0.29) is 40.7 Å². The first-order valence-electron chi connectivity index (χ1n) is 10.3. The van der Waals surface area contributed by atoms with Crippen LogP contribution in [0, 0.1) is 5.82 Å². The number of hydrazine groups is 1. The summed E-state index contributed by atoms with van der Waals surface area (Å²) in [6.45, 7) is 8.05. The first kappa shape index (κ1) is 24.7. The molecule has 1 aliphatic heterocycles. The number of hydrogen-bond acceptors (Lipinski definition) is 7. The average Bonchev–Trinajstić information content (AvgIpc) is 3.10. The number of halogens is 2. The van der Waals surface area contributed by atoms with Gasteiger partial charge in [-0.05, 0) is 39.8 Å². The van der Waals surface area contributed by atoms with Crippen LogP contribution < -0.4 is 25.6 Å². The molecule has 2 amide bonds. The van der Waals surface area contributed by atoms with Crippen molar-refractivity contribution in [1.82, 2.24) is 21.2 Å². The van der Waals surface area contributed by atoms with Gasteiger partial charge in [-0.25, -0.2) is 9.37 Å². The fourth-order valence-corrected chi connectivity index (χ4v) is 3.30. The monoisotopic (exact) mass is 480 g/mol. The summed E-state index contributed by atoms with van der Waals surface area (Å²) in [5, 5.41) is 3.16. The second-order valence-electron chi connectivity index (χ2n) is 8.20. The van der Waals surface area contributed by atoms with E-state index in [1.165, 1.54) is 24.4 Å². The Hall–Kier alpha value is -2.95. The van der Waals surface area contributed by atoms with E-state index in [4.69, 9.17) is 25.8 Å². The number of aromatic nitrogens is 1. The van der Waals surface area contributed by atoms with Crippen molar-refractivity contribution in [1.29, 1.82) is 0 Å². The lowest BCUT2D eigenvalue weighted by Crippen LogP contribution is -2.41. The highest BCUT2D eigenvalue weighted by molar-refractivity contribution is 6.34. The molecule has 1 aromatic carbocycles. The van der Waals surface area contributed by atoms with Gasteiger partial charge in [0.05, 0.1) is 34.9 Å². The zero-order valence-electron chi connectivity index (χ0n) is 18.7. The molecule has 0 aliphatic carbocycles. The number of carbonyl (C=O) groups is 2. The van der Waals surface area contributed by atoms with Gasteiger partial charge in [-0.3, -0.25) is 25.8 Å². The number of hydrogen-bond donors (Lipinski definition) is 3. The van der Waals surface area contributed by atoms with Gasteiger partial charge in [-0.2, -0.15) is 0 Å². The molecule has 1 aliphatic rings. The van der Waals surface area contributed by atoms with Crippen LogP contribution in [-0.4, -0.2) is 47.9 Å². The fourth-order valence-electron chi connectivity index (χ4n) is 3.06. The van der Waals surface area contributed by atoms with Crippen molar-refractivity contribution in [3.63, 3.8) is 0 Å². The van der Waals surface area contributed by atoms with Gasteiger partial charge in [0.1, 0.15) is 12.3 Å². The molecule has 3 rings (SSSR count). The topological polar surface area (TPSA) is 111 Å². The second kappa shape index (κ2) is 10.3. The molecule has 1 saturated heterocycles. The molecule has 1 fully saturated rings. The number of nitrogens with zero attached hydrogens (tertiary/aromatic N) is 1. The van der Waals surface area contributed by atoms with Crippen LogP contribution in [0.4, 0.5) is 4.39 Å². The quantitative estimate of drug-likeness (QED) is 0.522. The molecule has 0 radical (unpaired) electrons. The first-order chi connectivity index (χ1) is 15.5. The Labute approximate surface area is 195 Å². The highest BCUT2D eigenvalue weighted by Crippen LogP contribution is 2.27. The summed E-state index contributed by atoms with van der Waals surface area (Å²) in [6, 6.07) is 5.08. The van der Waals surface area contributed by atoms with Crippen molar-refractivity contribution >= 4 is 23.4 Å². The SMILES string of the molecule is CC(C)Oc1ccc(C(=O)NNC(=O)c2cc(F)c(OC[C@H]3COC(C)(C)N3)cc2Cl)cn1. The zero-order chi connectivity index (χ0) is 24.2. The maximum absolute atomic E-state index is 14.5. The Morgan fingerprint density at radius 2 is 2.03 bits per heavy atom. The standard InChI is InChI=1S/C22H26ClFN4O5/c1-12(2)33-19-6-5-13(9-25-19)20(29)27-28-21(30)15-7-17(24)18(8-16(15)23)31-10-14-11-32-22(3,4)26-14/h5-9,12,14,26H,10-11H2,1-4H3,(H,27,29)(H,28,30)/t14-/m0/s1. The fraction of sp³-hybridized carbons (Fsp3) is 0.409. The lowest BCUT2D eigenvalue weighted by atomic mass is 10.2. The predicted octanol–water partition coefficient (Wildman–Crippen LogP) is 2.84. The maximum atomic E-state index is 14.5. The van der Waals surface area contributed by atoms with Crippen molar-refractivity contribution in [3.05, 3.63) is 52.4 Å². The van der Waals surface area contributed by atoms with Gasteiger partial charge in [0, 0.05) is 18.3 Å². The van der Waals surface area contributed by atoms with E-state index in [1.54, 1.807) is 0 Å². The smallest absolute Gasteiger partial charge is 0.271 e. The van der Waals surface area contributed by atoms with Crippen LogP contribution in [0.25, 0.3) is 0 Å². The van der Waals surface area contributed by atoms with Crippen LogP contribution in [0.1, 0.15) is 48.4 Å². The Morgan fingerprint density at radius 3 is 2.64 bits per heavy atom. The number of amides is 2. The Kier molecular flexibility index (Phi) is 7.72. The molecular weight excluding hydrogens is 455 g/mol. The zero-order valence-corrected chi connectivity index (χ0v) is 19.5. The van der Waals surface area contributed by atoms with E-state index in [2.05, 4.69) is 21.2 Å². The van der Waals surface area contributed by atoms with Gasteiger partial charge in [0.15, 0.2) is 11.6 Å². The largest absolute Gasteiger partial charge is 0.489 e. The van der Waals surface area contributed by atoms with Crippen LogP contribution in [-0.2, 0) is 4.74 Å². The van der Waals surface area contributed by atoms with Crippen LogP contribution in [0.2, 0.25) is 5.02 Å². The summed E-state index contributed by atoms with van der Waals surface area (Å²) in [4.78, 5) is 28.6. The summed E-state index contributed by atoms with van der Waals surface area (Å²) in [5.41, 5.74) is 3.99.